The molecule has 1 aromatic carbocycles. The van der Waals surface area contributed by atoms with Crippen LogP contribution in [0.2, 0.25) is 0 Å². The van der Waals surface area contributed by atoms with Gasteiger partial charge in [0.1, 0.15) is 11.6 Å². The van der Waals surface area contributed by atoms with Gasteiger partial charge in [-0.2, -0.15) is 0 Å². The van der Waals surface area contributed by atoms with Crippen molar-refractivity contribution < 1.29 is 9.18 Å². The second-order valence-corrected chi connectivity index (χ2v) is 6.01. The Morgan fingerprint density at radius 3 is 2.69 bits per heavy atom. The van der Waals surface area contributed by atoms with E-state index >= 15 is 0 Å². The Hall–Kier alpha value is -1.89. The van der Waals surface area contributed by atoms with E-state index in [0.29, 0.717) is 23.8 Å². The van der Waals surface area contributed by atoms with Crippen LogP contribution >= 0.6 is 24.8 Å². The van der Waals surface area contributed by atoms with E-state index < -0.39 is 5.82 Å². The maximum absolute atomic E-state index is 13.8. The number of nitrogens with one attached hydrogen (secondary N) is 2. The zero-order valence-electron chi connectivity index (χ0n) is 14.2. The van der Waals surface area contributed by atoms with Crippen LogP contribution in [0.15, 0.2) is 42.6 Å². The number of pyridine rings is 1. The number of carbonyl (C=O) groups is 1. The Balaban J connectivity index is 0.00000169. The van der Waals surface area contributed by atoms with Gasteiger partial charge < -0.3 is 16.4 Å². The van der Waals surface area contributed by atoms with E-state index in [9.17, 15) is 9.18 Å². The molecule has 8 heteroatoms. The number of halogens is 3. The van der Waals surface area contributed by atoms with E-state index in [4.69, 9.17) is 5.73 Å². The summed E-state index contributed by atoms with van der Waals surface area (Å²) in [5.41, 5.74) is 6.45. The molecule has 2 aromatic rings. The van der Waals surface area contributed by atoms with Crippen LogP contribution in [0, 0.1) is 11.7 Å². The summed E-state index contributed by atoms with van der Waals surface area (Å²) in [6, 6.07) is 9.75. The second kappa shape index (κ2) is 10.3. The molecule has 1 saturated carbocycles. The van der Waals surface area contributed by atoms with Crippen LogP contribution in [-0.2, 0) is 0 Å². The van der Waals surface area contributed by atoms with Crippen LogP contribution in [0.1, 0.15) is 29.6 Å². The van der Waals surface area contributed by atoms with Gasteiger partial charge in [0, 0.05) is 12.2 Å². The number of rotatable bonds is 5. The SMILES string of the molecule is Cl.Cl.NCC1CCCC1NC(=O)c1cccnc1Nc1ccccc1F. The van der Waals surface area contributed by atoms with Crippen molar-refractivity contribution in [3.8, 4) is 0 Å². The van der Waals surface area contributed by atoms with Crippen molar-refractivity contribution in [1.29, 1.82) is 0 Å². The summed E-state index contributed by atoms with van der Waals surface area (Å²) in [6.07, 6.45) is 4.61. The highest BCUT2D eigenvalue weighted by Gasteiger charge is 2.28. The fourth-order valence-electron chi connectivity index (χ4n) is 3.13. The van der Waals surface area contributed by atoms with Crippen molar-refractivity contribution in [3.05, 3.63) is 54.0 Å². The fourth-order valence-corrected chi connectivity index (χ4v) is 3.13. The Morgan fingerprint density at radius 1 is 1.19 bits per heavy atom. The minimum absolute atomic E-state index is 0. The van der Waals surface area contributed by atoms with Crippen LogP contribution < -0.4 is 16.4 Å². The molecule has 0 spiro atoms. The molecule has 0 bridgehead atoms. The Bertz CT molecular complexity index is 732. The molecule has 0 saturated heterocycles. The average Bonchev–Trinajstić information content (AvgIpc) is 3.04. The molecule has 0 radical (unpaired) electrons. The molecule has 26 heavy (non-hydrogen) atoms. The first kappa shape index (κ1) is 22.2. The standard InChI is InChI=1S/C18H21FN4O.2ClH/c19-14-7-1-2-8-16(14)22-17-13(6-4-10-21-17)18(24)23-15-9-3-5-12(15)11-20;;/h1-2,4,6-8,10,12,15H,3,5,9,11,20H2,(H,21,22)(H,23,24);2*1H. The summed E-state index contributed by atoms with van der Waals surface area (Å²) in [7, 11) is 0. The van der Waals surface area contributed by atoms with E-state index in [1.807, 2.05) is 0 Å². The van der Waals surface area contributed by atoms with Crippen molar-refractivity contribution in [2.45, 2.75) is 25.3 Å². The lowest BCUT2D eigenvalue weighted by Crippen LogP contribution is -2.40. The molecule has 4 N–H and O–H groups in total. The first-order valence-corrected chi connectivity index (χ1v) is 8.16. The minimum atomic E-state index is -0.395. The quantitative estimate of drug-likeness (QED) is 0.715. The van der Waals surface area contributed by atoms with E-state index in [1.54, 1.807) is 36.5 Å². The van der Waals surface area contributed by atoms with Gasteiger partial charge in [0.2, 0.25) is 0 Å². The number of amides is 1. The lowest BCUT2D eigenvalue weighted by molar-refractivity contribution is 0.0929. The molecule has 1 aliphatic rings. The third-order valence-corrected chi connectivity index (χ3v) is 4.46. The molecule has 1 amide bonds. The largest absolute Gasteiger partial charge is 0.349 e. The summed E-state index contributed by atoms with van der Waals surface area (Å²) in [4.78, 5) is 16.8. The molecule has 0 aliphatic heterocycles. The number of carbonyl (C=O) groups excluding carboxylic acids is 1. The van der Waals surface area contributed by atoms with Crippen molar-refractivity contribution in [2.75, 3.05) is 11.9 Å². The van der Waals surface area contributed by atoms with Crippen LogP contribution in [0.25, 0.3) is 0 Å². The fraction of sp³-hybridized carbons (Fsp3) is 0.333. The van der Waals surface area contributed by atoms with Gasteiger partial charge in [-0.1, -0.05) is 18.6 Å². The second-order valence-electron chi connectivity index (χ2n) is 6.01. The first-order valence-electron chi connectivity index (χ1n) is 8.16. The monoisotopic (exact) mass is 400 g/mol. The number of nitrogens with zero attached hydrogens (tertiary/aromatic N) is 1. The maximum atomic E-state index is 13.8. The molecule has 1 fully saturated rings. The van der Waals surface area contributed by atoms with Gasteiger partial charge in [-0.3, -0.25) is 4.79 Å². The molecule has 2 atom stereocenters. The maximum Gasteiger partial charge on any atom is 0.255 e. The molecule has 142 valence electrons. The molecule has 1 heterocycles. The van der Waals surface area contributed by atoms with Crippen molar-refractivity contribution in [1.82, 2.24) is 10.3 Å². The third kappa shape index (κ3) is 5.06. The van der Waals surface area contributed by atoms with Gasteiger partial charge in [-0.15, -0.1) is 24.8 Å². The molecular weight excluding hydrogens is 378 g/mol. The molecular formula is C18H23Cl2FN4O. The molecule has 3 rings (SSSR count). The number of hydrogen-bond donors (Lipinski definition) is 3. The Morgan fingerprint density at radius 2 is 1.96 bits per heavy atom. The summed E-state index contributed by atoms with van der Waals surface area (Å²) in [5, 5.41) is 5.94. The van der Waals surface area contributed by atoms with Gasteiger partial charge in [0.25, 0.3) is 5.91 Å². The minimum Gasteiger partial charge on any atom is -0.349 e. The van der Waals surface area contributed by atoms with Gasteiger partial charge in [-0.05, 0) is 49.6 Å². The Labute approximate surface area is 164 Å². The lowest BCUT2D eigenvalue weighted by atomic mass is 10.0. The number of nitrogens with two attached hydrogens (primary N) is 1. The predicted octanol–water partition coefficient (Wildman–Crippen LogP) is 3.67. The van der Waals surface area contributed by atoms with Crippen LogP contribution in [0.5, 0.6) is 0 Å². The number of para-hydroxylation sites is 1. The van der Waals surface area contributed by atoms with E-state index in [1.165, 1.54) is 6.07 Å². The normalized spacial score (nSPS) is 18.4. The summed E-state index contributed by atoms with van der Waals surface area (Å²) in [6.45, 7) is 0.568. The molecule has 1 aliphatic carbocycles. The number of hydrogen-bond acceptors (Lipinski definition) is 4. The third-order valence-electron chi connectivity index (χ3n) is 4.46. The molecule has 2 unspecified atom stereocenters. The highest BCUT2D eigenvalue weighted by atomic mass is 35.5. The van der Waals surface area contributed by atoms with Gasteiger partial charge in [0.15, 0.2) is 0 Å². The van der Waals surface area contributed by atoms with Crippen molar-refractivity contribution >= 4 is 42.2 Å². The van der Waals surface area contributed by atoms with Crippen LogP contribution in [-0.4, -0.2) is 23.5 Å². The first-order chi connectivity index (χ1) is 11.7. The molecule has 5 nitrogen and oxygen atoms in total. The van der Waals surface area contributed by atoms with Crippen LogP contribution in [0.4, 0.5) is 15.9 Å². The summed E-state index contributed by atoms with van der Waals surface area (Å²) in [5.74, 6) is 0.0387. The zero-order chi connectivity index (χ0) is 16.9. The summed E-state index contributed by atoms with van der Waals surface area (Å²) < 4.78 is 13.8. The highest BCUT2D eigenvalue weighted by Crippen LogP contribution is 2.26. The average molecular weight is 401 g/mol. The van der Waals surface area contributed by atoms with E-state index in [0.717, 1.165) is 19.3 Å². The van der Waals surface area contributed by atoms with Crippen molar-refractivity contribution in [3.63, 3.8) is 0 Å². The van der Waals surface area contributed by atoms with E-state index in [2.05, 4.69) is 15.6 Å². The smallest absolute Gasteiger partial charge is 0.255 e. The lowest BCUT2D eigenvalue weighted by Gasteiger charge is -2.20. The van der Waals surface area contributed by atoms with Gasteiger partial charge in [-0.25, -0.2) is 9.37 Å². The number of anilines is 2. The topological polar surface area (TPSA) is 80.0 Å². The number of aromatic nitrogens is 1. The van der Waals surface area contributed by atoms with Crippen molar-refractivity contribution in [2.24, 2.45) is 11.7 Å². The highest BCUT2D eigenvalue weighted by molar-refractivity contribution is 5.99. The molecule has 1 aromatic heterocycles. The zero-order valence-corrected chi connectivity index (χ0v) is 15.8. The van der Waals surface area contributed by atoms with Gasteiger partial charge >= 0.3 is 0 Å². The van der Waals surface area contributed by atoms with Crippen LogP contribution in [0.3, 0.4) is 0 Å². The summed E-state index contributed by atoms with van der Waals surface area (Å²) >= 11 is 0. The van der Waals surface area contributed by atoms with E-state index in [-0.39, 0.29) is 42.5 Å². The Kier molecular flexibility index (Phi) is 8.78. The van der Waals surface area contributed by atoms with Gasteiger partial charge in [0.05, 0.1) is 11.3 Å². The predicted molar refractivity (Wildman–Crippen MR) is 106 cm³/mol. The number of benzene rings is 1.